The molecule has 0 aliphatic heterocycles. The molecule has 0 saturated heterocycles. The van der Waals surface area contributed by atoms with Crippen molar-refractivity contribution in [2.24, 2.45) is 0 Å². The number of nitrogens with zero attached hydrogens (tertiary/aromatic N) is 3. The Hall–Kier alpha value is -3.37. The van der Waals surface area contributed by atoms with Gasteiger partial charge in [-0.05, 0) is 62.7 Å². The molecule has 0 radical (unpaired) electrons. The lowest BCUT2D eigenvalue weighted by Crippen LogP contribution is -2.13. The van der Waals surface area contributed by atoms with E-state index in [2.05, 4.69) is 14.9 Å². The number of hydrogen-bond donors (Lipinski definition) is 1. The fraction of sp³-hybridized carbons (Fsp3) is 0.190. The number of benzene rings is 1. The molecule has 28 heavy (non-hydrogen) atoms. The van der Waals surface area contributed by atoms with Crippen molar-refractivity contribution in [2.75, 3.05) is 11.9 Å². The smallest absolute Gasteiger partial charge is 0.268 e. The van der Waals surface area contributed by atoms with Gasteiger partial charge >= 0.3 is 0 Å². The average molecular weight is 392 g/mol. The fourth-order valence-electron chi connectivity index (χ4n) is 2.94. The van der Waals surface area contributed by atoms with Crippen LogP contribution in [-0.2, 0) is 4.79 Å². The van der Waals surface area contributed by atoms with Crippen LogP contribution in [0, 0.1) is 25.2 Å². The highest BCUT2D eigenvalue weighted by atomic mass is 32.1. The molecule has 0 fully saturated rings. The van der Waals surface area contributed by atoms with Gasteiger partial charge in [-0.2, -0.15) is 5.26 Å². The van der Waals surface area contributed by atoms with Gasteiger partial charge in [-0.3, -0.25) is 10.1 Å². The second-order valence-electron chi connectivity index (χ2n) is 6.05. The van der Waals surface area contributed by atoms with E-state index in [0.717, 1.165) is 28.4 Å². The first-order valence-electron chi connectivity index (χ1n) is 8.78. The second-order valence-corrected chi connectivity index (χ2v) is 6.94. The van der Waals surface area contributed by atoms with Gasteiger partial charge < -0.3 is 9.30 Å². The summed E-state index contributed by atoms with van der Waals surface area (Å²) in [6.07, 6.45) is 3.21. The summed E-state index contributed by atoms with van der Waals surface area (Å²) in [4.78, 5) is 16.4. The summed E-state index contributed by atoms with van der Waals surface area (Å²) in [6, 6.07) is 11.8. The van der Waals surface area contributed by atoms with E-state index in [9.17, 15) is 10.1 Å². The lowest BCUT2D eigenvalue weighted by atomic mass is 10.1. The zero-order chi connectivity index (χ0) is 20.1. The highest BCUT2D eigenvalue weighted by Crippen LogP contribution is 2.24. The number of nitriles is 1. The molecule has 2 heterocycles. The van der Waals surface area contributed by atoms with E-state index in [4.69, 9.17) is 4.74 Å². The highest BCUT2D eigenvalue weighted by Gasteiger charge is 2.14. The van der Waals surface area contributed by atoms with Crippen molar-refractivity contribution >= 4 is 28.5 Å². The molecule has 0 bridgehead atoms. The molecule has 6 nitrogen and oxygen atoms in total. The van der Waals surface area contributed by atoms with Gasteiger partial charge in [0, 0.05) is 28.7 Å². The fourth-order valence-corrected chi connectivity index (χ4v) is 3.47. The number of carbonyl (C=O) groups excluding carboxylic acids is 1. The summed E-state index contributed by atoms with van der Waals surface area (Å²) in [6.45, 7) is 6.52. The lowest BCUT2D eigenvalue weighted by Gasteiger charge is -2.11. The molecule has 0 unspecified atom stereocenters. The minimum absolute atomic E-state index is 0.0298. The van der Waals surface area contributed by atoms with Crippen molar-refractivity contribution in [3.63, 3.8) is 0 Å². The van der Waals surface area contributed by atoms with Gasteiger partial charge in [-0.25, -0.2) is 4.98 Å². The number of nitrogens with one attached hydrogen (secondary N) is 1. The van der Waals surface area contributed by atoms with Crippen LogP contribution in [0.5, 0.6) is 5.75 Å². The van der Waals surface area contributed by atoms with Crippen LogP contribution < -0.4 is 10.1 Å². The summed E-state index contributed by atoms with van der Waals surface area (Å²) in [5.74, 6) is 0.350. The van der Waals surface area contributed by atoms with Crippen LogP contribution in [0.4, 0.5) is 5.13 Å². The van der Waals surface area contributed by atoms with Crippen molar-refractivity contribution in [3.05, 3.63) is 64.4 Å². The molecule has 3 rings (SSSR count). The molecule has 1 N–H and O–H groups in total. The first-order chi connectivity index (χ1) is 13.5. The first-order valence-corrected chi connectivity index (χ1v) is 9.66. The van der Waals surface area contributed by atoms with E-state index < -0.39 is 5.91 Å². The van der Waals surface area contributed by atoms with Crippen LogP contribution in [0.25, 0.3) is 11.8 Å². The summed E-state index contributed by atoms with van der Waals surface area (Å²) >= 11 is 1.30. The Morgan fingerprint density at radius 3 is 2.71 bits per heavy atom. The molecule has 1 amide bonds. The summed E-state index contributed by atoms with van der Waals surface area (Å²) in [5.41, 5.74) is 3.78. The highest BCUT2D eigenvalue weighted by molar-refractivity contribution is 7.13. The van der Waals surface area contributed by atoms with Crippen molar-refractivity contribution in [1.82, 2.24) is 9.55 Å². The van der Waals surface area contributed by atoms with E-state index >= 15 is 0 Å². The number of rotatable bonds is 6. The number of aryl methyl sites for hydroxylation is 1. The van der Waals surface area contributed by atoms with Gasteiger partial charge in [0.05, 0.1) is 6.61 Å². The number of anilines is 1. The maximum absolute atomic E-state index is 12.4. The van der Waals surface area contributed by atoms with Crippen LogP contribution in [0.1, 0.15) is 23.9 Å². The number of ether oxygens (including phenoxy) is 1. The van der Waals surface area contributed by atoms with Gasteiger partial charge in [0.25, 0.3) is 5.91 Å². The predicted molar refractivity (Wildman–Crippen MR) is 111 cm³/mol. The second kappa shape index (κ2) is 8.55. The third kappa shape index (κ3) is 4.13. The minimum Gasteiger partial charge on any atom is -0.494 e. The number of aromatic nitrogens is 2. The van der Waals surface area contributed by atoms with Gasteiger partial charge in [0.1, 0.15) is 17.4 Å². The van der Waals surface area contributed by atoms with Gasteiger partial charge in [-0.15, -0.1) is 11.3 Å². The average Bonchev–Trinajstić information content (AvgIpc) is 3.28. The third-order valence-electron chi connectivity index (χ3n) is 4.19. The van der Waals surface area contributed by atoms with Crippen molar-refractivity contribution in [1.29, 1.82) is 5.26 Å². The standard InChI is InChI=1S/C21H20N4O2S/c1-4-27-19-7-5-18(6-8-19)25-14(2)11-16(15(25)3)12-17(13-22)20(26)24-21-23-9-10-28-21/h5-12H,4H2,1-3H3,(H,23,24,26)/b17-12+. The molecule has 2 aromatic heterocycles. The molecular formula is C21H20N4O2S. The number of hydrogen-bond acceptors (Lipinski definition) is 5. The maximum atomic E-state index is 12.4. The zero-order valence-electron chi connectivity index (χ0n) is 15.9. The molecule has 1 aromatic carbocycles. The van der Waals surface area contributed by atoms with E-state index in [1.165, 1.54) is 11.3 Å². The van der Waals surface area contributed by atoms with Gasteiger partial charge in [0.2, 0.25) is 0 Å². The van der Waals surface area contributed by atoms with Gasteiger partial charge in [0.15, 0.2) is 5.13 Å². The molecule has 0 aliphatic carbocycles. The third-order valence-corrected chi connectivity index (χ3v) is 4.88. The topological polar surface area (TPSA) is 79.9 Å². The van der Waals surface area contributed by atoms with Crippen LogP contribution in [0.15, 0.2) is 47.5 Å². The number of thiazole rings is 1. The molecule has 0 spiro atoms. The van der Waals surface area contributed by atoms with E-state index in [1.54, 1.807) is 17.7 Å². The van der Waals surface area contributed by atoms with Crippen molar-refractivity contribution < 1.29 is 9.53 Å². The predicted octanol–water partition coefficient (Wildman–Crippen LogP) is 4.50. The van der Waals surface area contributed by atoms with E-state index in [-0.39, 0.29) is 5.57 Å². The minimum atomic E-state index is -0.469. The Balaban J connectivity index is 1.90. The first kappa shape index (κ1) is 19.4. The summed E-state index contributed by atoms with van der Waals surface area (Å²) < 4.78 is 7.57. The van der Waals surface area contributed by atoms with Crippen LogP contribution >= 0.6 is 11.3 Å². The van der Waals surface area contributed by atoms with Crippen LogP contribution in [-0.4, -0.2) is 22.1 Å². The Bertz CT molecular complexity index is 1040. The normalized spacial score (nSPS) is 11.1. The van der Waals surface area contributed by atoms with Crippen LogP contribution in [0.2, 0.25) is 0 Å². The van der Waals surface area contributed by atoms with E-state index in [1.807, 2.05) is 57.2 Å². The SMILES string of the molecule is CCOc1ccc(-n2c(C)cc(/C=C(\C#N)C(=O)Nc3nccs3)c2C)cc1. The maximum Gasteiger partial charge on any atom is 0.268 e. The molecular weight excluding hydrogens is 372 g/mol. The van der Waals surface area contributed by atoms with E-state index in [0.29, 0.717) is 11.7 Å². The Labute approximate surface area is 167 Å². The zero-order valence-corrected chi connectivity index (χ0v) is 16.7. The van der Waals surface area contributed by atoms with Gasteiger partial charge in [-0.1, -0.05) is 0 Å². The molecule has 0 aliphatic rings. The monoisotopic (exact) mass is 392 g/mol. The largest absolute Gasteiger partial charge is 0.494 e. The Morgan fingerprint density at radius 2 is 2.11 bits per heavy atom. The molecule has 0 saturated carbocycles. The van der Waals surface area contributed by atoms with Crippen molar-refractivity contribution in [3.8, 4) is 17.5 Å². The Morgan fingerprint density at radius 1 is 1.36 bits per heavy atom. The summed E-state index contributed by atoms with van der Waals surface area (Å²) in [5, 5.41) is 14.3. The summed E-state index contributed by atoms with van der Waals surface area (Å²) in [7, 11) is 0. The Kier molecular flexibility index (Phi) is 5.92. The lowest BCUT2D eigenvalue weighted by molar-refractivity contribution is -0.112. The quantitative estimate of drug-likeness (QED) is 0.495. The number of carbonyl (C=O) groups is 1. The van der Waals surface area contributed by atoms with Crippen LogP contribution in [0.3, 0.4) is 0 Å². The van der Waals surface area contributed by atoms with Crippen molar-refractivity contribution in [2.45, 2.75) is 20.8 Å². The molecule has 0 atom stereocenters. The molecule has 3 aromatic rings. The number of amides is 1. The molecule has 7 heteroatoms. The molecule has 142 valence electrons.